The van der Waals surface area contributed by atoms with Gasteiger partial charge in [-0.2, -0.15) is 0 Å². The van der Waals surface area contributed by atoms with Crippen molar-refractivity contribution in [2.45, 2.75) is 39.2 Å². The molecule has 1 aromatic carbocycles. The van der Waals surface area contributed by atoms with Crippen molar-refractivity contribution in [3.63, 3.8) is 0 Å². The van der Waals surface area contributed by atoms with Crippen LogP contribution in [0.1, 0.15) is 31.1 Å². The van der Waals surface area contributed by atoms with Gasteiger partial charge in [-0.25, -0.2) is 0 Å². The fourth-order valence-electron chi connectivity index (χ4n) is 2.11. The highest BCUT2D eigenvalue weighted by Crippen LogP contribution is 2.17. The van der Waals surface area contributed by atoms with E-state index < -0.39 is 18.0 Å². The first-order chi connectivity index (χ1) is 11.5. The summed E-state index contributed by atoms with van der Waals surface area (Å²) in [6.07, 6.45) is 0.0941. The van der Waals surface area contributed by atoms with Gasteiger partial charge in [0.1, 0.15) is 5.76 Å². The summed E-state index contributed by atoms with van der Waals surface area (Å²) < 4.78 is 10.1. The van der Waals surface area contributed by atoms with Gasteiger partial charge in [-0.1, -0.05) is 41.9 Å². The first kappa shape index (κ1) is 18.0. The molecule has 0 fully saturated rings. The molecular formula is C17H19ClN2O4. The number of aryl methyl sites for hydroxylation is 2. The second-order valence-electron chi connectivity index (χ2n) is 5.29. The molecule has 128 valence electrons. The molecule has 0 saturated carbocycles. The molecule has 0 bridgehead atoms. The van der Waals surface area contributed by atoms with Crippen LogP contribution in [0.25, 0.3) is 0 Å². The van der Waals surface area contributed by atoms with Gasteiger partial charge < -0.3 is 14.6 Å². The van der Waals surface area contributed by atoms with Gasteiger partial charge >= 0.3 is 5.97 Å². The minimum atomic E-state index is -0.874. The molecule has 1 aromatic heterocycles. The van der Waals surface area contributed by atoms with Crippen molar-refractivity contribution in [2.75, 3.05) is 5.32 Å². The number of nitrogens with one attached hydrogen (secondary N) is 1. The van der Waals surface area contributed by atoms with Crippen LogP contribution in [-0.4, -0.2) is 23.1 Å². The van der Waals surface area contributed by atoms with E-state index in [0.717, 1.165) is 5.56 Å². The quantitative estimate of drug-likeness (QED) is 0.772. The third kappa shape index (κ3) is 5.09. The van der Waals surface area contributed by atoms with E-state index in [9.17, 15) is 9.59 Å². The largest absolute Gasteiger partial charge is 0.452 e. The van der Waals surface area contributed by atoms with Crippen molar-refractivity contribution in [3.8, 4) is 0 Å². The summed E-state index contributed by atoms with van der Waals surface area (Å²) in [6.45, 7) is 3.48. The molecule has 2 rings (SSSR count). The second kappa shape index (κ2) is 8.49. The Balaban J connectivity index is 1.86. The Hall–Kier alpha value is -2.34. The SMILES string of the molecule is CCC(OC(=O)CCc1ccccc1Cl)C(=O)Nc1cc(C)on1. The second-order valence-corrected chi connectivity index (χ2v) is 5.70. The Kier molecular flexibility index (Phi) is 6.37. The van der Waals surface area contributed by atoms with Crippen LogP contribution in [0.5, 0.6) is 0 Å². The Labute approximate surface area is 145 Å². The molecule has 0 radical (unpaired) electrons. The van der Waals surface area contributed by atoms with Crippen LogP contribution in [0.4, 0.5) is 5.82 Å². The zero-order chi connectivity index (χ0) is 17.5. The standard InChI is InChI=1S/C17H19ClN2O4/c1-3-14(17(22)19-15-10-11(2)24-20-15)23-16(21)9-8-12-6-4-5-7-13(12)18/h4-7,10,14H,3,8-9H2,1-2H3,(H,19,20,22). The summed E-state index contributed by atoms with van der Waals surface area (Å²) in [5.41, 5.74) is 0.867. The molecule has 1 heterocycles. The Morgan fingerprint density at radius 1 is 1.38 bits per heavy atom. The highest BCUT2D eigenvalue weighted by molar-refractivity contribution is 6.31. The zero-order valence-corrected chi connectivity index (χ0v) is 14.3. The minimum Gasteiger partial charge on any atom is -0.452 e. The third-order valence-electron chi connectivity index (χ3n) is 3.37. The molecule has 1 amide bonds. The summed E-state index contributed by atoms with van der Waals surface area (Å²) in [5, 5.41) is 6.84. The molecule has 0 aliphatic carbocycles. The maximum absolute atomic E-state index is 12.1. The Morgan fingerprint density at radius 3 is 2.75 bits per heavy atom. The Bertz CT molecular complexity index is 714. The summed E-state index contributed by atoms with van der Waals surface area (Å²) >= 11 is 6.05. The summed E-state index contributed by atoms with van der Waals surface area (Å²) in [6, 6.07) is 8.89. The number of esters is 1. The van der Waals surface area contributed by atoms with Crippen molar-refractivity contribution in [3.05, 3.63) is 46.7 Å². The zero-order valence-electron chi connectivity index (χ0n) is 13.5. The van der Waals surface area contributed by atoms with E-state index >= 15 is 0 Å². The molecule has 2 aromatic rings. The number of nitrogens with zero attached hydrogens (tertiary/aromatic N) is 1. The highest BCUT2D eigenvalue weighted by Gasteiger charge is 2.22. The lowest BCUT2D eigenvalue weighted by molar-refractivity contribution is -0.154. The van der Waals surface area contributed by atoms with Gasteiger partial charge in [0.05, 0.1) is 0 Å². The minimum absolute atomic E-state index is 0.149. The lowest BCUT2D eigenvalue weighted by Crippen LogP contribution is -2.32. The van der Waals surface area contributed by atoms with Crippen molar-refractivity contribution >= 4 is 29.3 Å². The smallest absolute Gasteiger partial charge is 0.306 e. The van der Waals surface area contributed by atoms with E-state index in [0.29, 0.717) is 29.4 Å². The van der Waals surface area contributed by atoms with Gasteiger partial charge in [0.2, 0.25) is 0 Å². The van der Waals surface area contributed by atoms with E-state index in [1.807, 2.05) is 18.2 Å². The van der Waals surface area contributed by atoms with Crippen molar-refractivity contribution in [1.82, 2.24) is 5.16 Å². The number of rotatable bonds is 7. The number of amides is 1. The third-order valence-corrected chi connectivity index (χ3v) is 3.74. The molecule has 0 aliphatic rings. The first-order valence-electron chi connectivity index (χ1n) is 7.66. The van der Waals surface area contributed by atoms with Crippen LogP contribution in [0.15, 0.2) is 34.9 Å². The summed E-state index contributed by atoms with van der Waals surface area (Å²) in [4.78, 5) is 24.1. The van der Waals surface area contributed by atoms with Gasteiger partial charge in [0.15, 0.2) is 11.9 Å². The average Bonchev–Trinajstić information content (AvgIpc) is 2.96. The number of anilines is 1. The molecule has 7 heteroatoms. The lowest BCUT2D eigenvalue weighted by atomic mass is 10.1. The maximum Gasteiger partial charge on any atom is 0.306 e. The fourth-order valence-corrected chi connectivity index (χ4v) is 2.34. The van der Waals surface area contributed by atoms with E-state index in [-0.39, 0.29) is 6.42 Å². The Morgan fingerprint density at radius 2 is 2.12 bits per heavy atom. The van der Waals surface area contributed by atoms with Crippen LogP contribution in [0.3, 0.4) is 0 Å². The van der Waals surface area contributed by atoms with Crippen molar-refractivity contribution < 1.29 is 18.8 Å². The van der Waals surface area contributed by atoms with Crippen molar-refractivity contribution in [1.29, 1.82) is 0 Å². The highest BCUT2D eigenvalue weighted by atomic mass is 35.5. The summed E-state index contributed by atoms with van der Waals surface area (Å²) in [5.74, 6) is -0.0108. The topological polar surface area (TPSA) is 81.4 Å². The number of carbonyl (C=O) groups excluding carboxylic acids is 2. The van der Waals surface area contributed by atoms with Gasteiger partial charge in [-0.05, 0) is 31.4 Å². The van der Waals surface area contributed by atoms with E-state index in [1.165, 1.54) is 0 Å². The van der Waals surface area contributed by atoms with Gasteiger partial charge in [-0.15, -0.1) is 0 Å². The van der Waals surface area contributed by atoms with E-state index in [1.54, 1.807) is 26.0 Å². The molecule has 6 nitrogen and oxygen atoms in total. The first-order valence-corrected chi connectivity index (χ1v) is 8.04. The summed E-state index contributed by atoms with van der Waals surface area (Å²) in [7, 11) is 0. The average molecular weight is 351 g/mol. The number of hydrogen-bond acceptors (Lipinski definition) is 5. The normalized spacial score (nSPS) is 11.8. The van der Waals surface area contributed by atoms with Crippen LogP contribution in [0, 0.1) is 6.92 Å². The van der Waals surface area contributed by atoms with Crippen LogP contribution >= 0.6 is 11.6 Å². The van der Waals surface area contributed by atoms with Gasteiger partial charge in [0, 0.05) is 17.5 Å². The molecular weight excluding hydrogens is 332 g/mol. The predicted molar refractivity (Wildman–Crippen MR) is 89.8 cm³/mol. The van der Waals surface area contributed by atoms with Gasteiger partial charge in [-0.3, -0.25) is 9.59 Å². The molecule has 0 saturated heterocycles. The van der Waals surface area contributed by atoms with Crippen LogP contribution in [0.2, 0.25) is 5.02 Å². The number of benzene rings is 1. The molecule has 1 atom stereocenters. The molecule has 0 aliphatic heterocycles. The number of aromatic nitrogens is 1. The molecule has 0 spiro atoms. The van der Waals surface area contributed by atoms with Crippen LogP contribution < -0.4 is 5.32 Å². The molecule has 1 unspecified atom stereocenters. The fraction of sp³-hybridized carbons (Fsp3) is 0.353. The predicted octanol–water partition coefficient (Wildman–Crippen LogP) is 3.53. The van der Waals surface area contributed by atoms with Crippen molar-refractivity contribution in [2.24, 2.45) is 0 Å². The van der Waals surface area contributed by atoms with E-state index in [2.05, 4.69) is 10.5 Å². The monoisotopic (exact) mass is 350 g/mol. The number of halogens is 1. The number of carbonyl (C=O) groups is 2. The number of ether oxygens (including phenoxy) is 1. The van der Waals surface area contributed by atoms with Crippen LogP contribution in [-0.2, 0) is 20.7 Å². The molecule has 1 N–H and O–H groups in total. The molecule has 24 heavy (non-hydrogen) atoms. The number of hydrogen-bond donors (Lipinski definition) is 1. The van der Waals surface area contributed by atoms with Gasteiger partial charge in [0.25, 0.3) is 5.91 Å². The van der Waals surface area contributed by atoms with E-state index in [4.69, 9.17) is 20.9 Å². The maximum atomic E-state index is 12.1. The lowest BCUT2D eigenvalue weighted by Gasteiger charge is -2.15.